The van der Waals surface area contributed by atoms with Crippen LogP contribution in [0.15, 0.2) is 12.1 Å². The van der Waals surface area contributed by atoms with Crippen LogP contribution >= 0.6 is 11.6 Å². The van der Waals surface area contributed by atoms with Crippen LogP contribution in [0, 0.1) is 5.92 Å². The first-order valence-electron chi connectivity index (χ1n) is 6.92. The molecule has 1 amide bonds. The number of carbonyl (C=O) groups excluding carboxylic acids is 1. The van der Waals surface area contributed by atoms with E-state index >= 15 is 0 Å². The number of halogens is 1. The van der Waals surface area contributed by atoms with Crippen LogP contribution in [-0.2, 0) is 17.6 Å². The van der Waals surface area contributed by atoms with Crippen LogP contribution < -0.4 is 10.1 Å². The van der Waals surface area contributed by atoms with E-state index in [9.17, 15) is 9.59 Å². The van der Waals surface area contributed by atoms with Gasteiger partial charge >= 0.3 is 6.09 Å². The molecule has 0 spiro atoms. The van der Waals surface area contributed by atoms with Gasteiger partial charge < -0.3 is 20.0 Å². The van der Waals surface area contributed by atoms with E-state index in [-0.39, 0.29) is 5.92 Å². The first-order chi connectivity index (χ1) is 10.0. The van der Waals surface area contributed by atoms with Gasteiger partial charge in [0.15, 0.2) is 0 Å². The molecule has 2 N–H and O–H groups in total. The molecule has 2 aliphatic carbocycles. The molecule has 2 aliphatic rings. The summed E-state index contributed by atoms with van der Waals surface area (Å²) in [7, 11) is 0. The highest BCUT2D eigenvalue weighted by molar-refractivity contribution is 6.31. The summed E-state index contributed by atoms with van der Waals surface area (Å²) < 4.78 is 5.71. The Hall–Kier alpha value is -1.75. The van der Waals surface area contributed by atoms with Gasteiger partial charge in [-0.25, -0.2) is 4.79 Å². The van der Waals surface area contributed by atoms with Gasteiger partial charge in [-0.3, -0.25) is 0 Å². The summed E-state index contributed by atoms with van der Waals surface area (Å²) in [4.78, 5) is 21.6. The van der Waals surface area contributed by atoms with Crippen LogP contribution in [0.5, 0.6) is 5.75 Å². The van der Waals surface area contributed by atoms with E-state index in [1.807, 2.05) is 6.07 Å². The SMILES string of the molecule is O=CC1Cc2cc(OCC3(NC(=O)O)CC3)cc(Cl)c2C1. The van der Waals surface area contributed by atoms with E-state index < -0.39 is 11.6 Å². The average molecular weight is 310 g/mol. The molecular formula is C15H16ClNO4. The Morgan fingerprint density at radius 3 is 2.86 bits per heavy atom. The van der Waals surface area contributed by atoms with Crippen molar-refractivity contribution < 1.29 is 19.4 Å². The van der Waals surface area contributed by atoms with Gasteiger partial charge in [-0.1, -0.05) is 11.6 Å². The molecule has 1 atom stereocenters. The lowest BCUT2D eigenvalue weighted by Gasteiger charge is -2.17. The summed E-state index contributed by atoms with van der Waals surface area (Å²) in [6, 6.07) is 3.64. The number of nitrogens with one attached hydrogen (secondary N) is 1. The Balaban J connectivity index is 1.69. The number of benzene rings is 1. The van der Waals surface area contributed by atoms with Crippen molar-refractivity contribution in [3.05, 3.63) is 28.3 Å². The van der Waals surface area contributed by atoms with Gasteiger partial charge in [-0.2, -0.15) is 0 Å². The summed E-state index contributed by atoms with van der Waals surface area (Å²) in [6.45, 7) is 0.297. The van der Waals surface area contributed by atoms with Gasteiger partial charge in [0.1, 0.15) is 18.6 Å². The molecule has 3 rings (SSSR count). The van der Waals surface area contributed by atoms with Gasteiger partial charge in [0.25, 0.3) is 0 Å². The molecule has 1 saturated carbocycles. The largest absolute Gasteiger partial charge is 0.491 e. The predicted octanol–water partition coefficient (Wildman–Crippen LogP) is 2.43. The van der Waals surface area contributed by atoms with E-state index in [0.717, 1.165) is 30.3 Å². The third kappa shape index (κ3) is 2.97. The topological polar surface area (TPSA) is 75.6 Å². The van der Waals surface area contributed by atoms with Crippen LogP contribution in [-0.4, -0.2) is 29.6 Å². The van der Waals surface area contributed by atoms with Gasteiger partial charge in [-0.05, 0) is 48.9 Å². The smallest absolute Gasteiger partial charge is 0.405 e. The number of carboxylic acid groups (broad SMARTS) is 1. The molecule has 1 aromatic carbocycles. The van der Waals surface area contributed by atoms with Crippen molar-refractivity contribution in [3.8, 4) is 5.75 Å². The highest BCUT2D eigenvalue weighted by Crippen LogP contribution is 2.38. The quantitative estimate of drug-likeness (QED) is 0.819. The van der Waals surface area contributed by atoms with Crippen LogP contribution in [0.1, 0.15) is 24.0 Å². The standard InChI is InChI=1S/C15H16ClNO4/c16-13-6-11(5-10-3-9(7-18)4-12(10)13)21-8-15(1-2-15)17-14(19)20/h5-7,9,17H,1-4,8H2,(H,19,20). The summed E-state index contributed by atoms with van der Waals surface area (Å²) in [5.74, 6) is 0.625. The van der Waals surface area contributed by atoms with E-state index in [0.29, 0.717) is 30.2 Å². The maximum absolute atomic E-state index is 10.9. The highest BCUT2D eigenvalue weighted by atomic mass is 35.5. The first-order valence-corrected chi connectivity index (χ1v) is 7.30. The summed E-state index contributed by atoms with van der Waals surface area (Å²) in [5, 5.41) is 11.9. The molecule has 1 unspecified atom stereocenters. The Bertz CT molecular complexity index is 598. The number of rotatable bonds is 5. The molecule has 0 aromatic heterocycles. The zero-order valence-corrected chi connectivity index (χ0v) is 12.2. The Labute approximate surface area is 127 Å². The van der Waals surface area contributed by atoms with Crippen molar-refractivity contribution in [2.24, 2.45) is 5.92 Å². The average Bonchev–Trinajstić information content (AvgIpc) is 3.04. The molecule has 1 fully saturated rings. The van der Waals surface area contributed by atoms with E-state index in [1.54, 1.807) is 6.07 Å². The maximum atomic E-state index is 10.9. The van der Waals surface area contributed by atoms with Gasteiger partial charge in [-0.15, -0.1) is 0 Å². The number of aldehydes is 1. The van der Waals surface area contributed by atoms with Crippen molar-refractivity contribution in [1.29, 1.82) is 0 Å². The van der Waals surface area contributed by atoms with E-state index in [4.69, 9.17) is 21.4 Å². The van der Waals surface area contributed by atoms with E-state index in [1.165, 1.54) is 0 Å². The van der Waals surface area contributed by atoms with Crippen molar-refractivity contribution in [2.45, 2.75) is 31.2 Å². The number of hydrogen-bond donors (Lipinski definition) is 2. The fourth-order valence-electron chi connectivity index (χ4n) is 2.78. The fraction of sp³-hybridized carbons (Fsp3) is 0.467. The van der Waals surface area contributed by atoms with E-state index in [2.05, 4.69) is 5.32 Å². The lowest BCUT2D eigenvalue weighted by Crippen LogP contribution is -2.40. The number of fused-ring (bicyclic) bond motifs is 1. The number of ether oxygens (including phenoxy) is 1. The molecule has 1 aromatic rings. The normalized spacial score (nSPS) is 21.5. The predicted molar refractivity (Wildman–Crippen MR) is 77.0 cm³/mol. The summed E-state index contributed by atoms with van der Waals surface area (Å²) >= 11 is 6.24. The number of amides is 1. The zero-order valence-electron chi connectivity index (χ0n) is 11.4. The minimum atomic E-state index is -1.03. The molecule has 0 radical (unpaired) electrons. The fourth-order valence-corrected chi connectivity index (χ4v) is 3.08. The van der Waals surface area contributed by atoms with Crippen molar-refractivity contribution >= 4 is 24.0 Å². The maximum Gasteiger partial charge on any atom is 0.405 e. The highest BCUT2D eigenvalue weighted by Gasteiger charge is 2.45. The Morgan fingerprint density at radius 1 is 1.48 bits per heavy atom. The molecule has 0 aliphatic heterocycles. The number of carbonyl (C=O) groups is 2. The Morgan fingerprint density at radius 2 is 2.24 bits per heavy atom. The third-order valence-electron chi connectivity index (χ3n) is 4.14. The lowest BCUT2D eigenvalue weighted by molar-refractivity contribution is -0.110. The molecule has 21 heavy (non-hydrogen) atoms. The van der Waals surface area contributed by atoms with Crippen molar-refractivity contribution in [1.82, 2.24) is 5.32 Å². The molecular weight excluding hydrogens is 294 g/mol. The van der Waals surface area contributed by atoms with Gasteiger partial charge in [0.05, 0.1) is 5.54 Å². The zero-order chi connectivity index (χ0) is 15.0. The molecule has 0 bridgehead atoms. The summed E-state index contributed by atoms with van der Waals surface area (Å²) in [6.07, 6.45) is 2.87. The first kappa shape index (κ1) is 14.2. The summed E-state index contributed by atoms with van der Waals surface area (Å²) in [5.41, 5.74) is 1.61. The van der Waals surface area contributed by atoms with Crippen molar-refractivity contribution in [3.63, 3.8) is 0 Å². The number of hydrogen-bond acceptors (Lipinski definition) is 3. The second kappa shape index (κ2) is 5.22. The molecule has 0 saturated heterocycles. The minimum Gasteiger partial charge on any atom is -0.491 e. The van der Waals surface area contributed by atoms with Crippen LogP contribution in [0.25, 0.3) is 0 Å². The van der Waals surface area contributed by atoms with Gasteiger partial charge in [0, 0.05) is 10.9 Å². The molecule has 5 nitrogen and oxygen atoms in total. The minimum absolute atomic E-state index is 0.00352. The second-order valence-electron chi connectivity index (χ2n) is 5.85. The molecule has 0 heterocycles. The Kier molecular flexibility index (Phi) is 3.53. The van der Waals surface area contributed by atoms with Crippen LogP contribution in [0.2, 0.25) is 5.02 Å². The monoisotopic (exact) mass is 309 g/mol. The van der Waals surface area contributed by atoms with Crippen LogP contribution in [0.4, 0.5) is 4.79 Å². The van der Waals surface area contributed by atoms with Gasteiger partial charge in [0.2, 0.25) is 0 Å². The molecule has 112 valence electrons. The lowest BCUT2D eigenvalue weighted by atomic mass is 10.1. The van der Waals surface area contributed by atoms with Crippen LogP contribution in [0.3, 0.4) is 0 Å². The molecule has 6 heteroatoms. The van der Waals surface area contributed by atoms with Crippen molar-refractivity contribution in [2.75, 3.05) is 6.61 Å². The second-order valence-corrected chi connectivity index (χ2v) is 6.25. The third-order valence-corrected chi connectivity index (χ3v) is 4.48.